The zero-order valence-corrected chi connectivity index (χ0v) is 15.7. The van der Waals surface area contributed by atoms with E-state index in [0.29, 0.717) is 6.54 Å². The highest BCUT2D eigenvalue weighted by molar-refractivity contribution is 6.78. The van der Waals surface area contributed by atoms with E-state index in [1.165, 1.54) is 46.9 Å². The maximum atomic E-state index is 12.6. The average Bonchev–Trinajstić information content (AvgIpc) is 2.54. The minimum atomic E-state index is -3.55. The Balaban J connectivity index is 5.80. The first kappa shape index (κ1) is 20.5. The number of carbonyl (C=O) groups excluding carboxylic acids is 1. The predicted molar refractivity (Wildman–Crippen MR) is 79.1 cm³/mol. The summed E-state index contributed by atoms with van der Waals surface area (Å²) < 4.78 is 33.4. The minimum Gasteiger partial charge on any atom is -0.360 e. The van der Waals surface area contributed by atoms with Crippen molar-refractivity contribution in [3.63, 3.8) is 0 Å². The Kier molecular flexibility index (Phi) is 9.23. The fourth-order valence-electron chi connectivity index (χ4n) is 1.78. The van der Waals surface area contributed by atoms with Crippen molar-refractivity contribution in [3.05, 3.63) is 0 Å². The molecule has 0 radical (unpaired) electrons. The van der Waals surface area contributed by atoms with Crippen LogP contribution >= 0.6 is 0 Å². The van der Waals surface area contributed by atoms with Crippen molar-refractivity contribution >= 4 is 24.0 Å². The molecule has 0 heterocycles. The molecule has 0 atom stereocenters. The van der Waals surface area contributed by atoms with E-state index < -0.39 is 24.0 Å². The van der Waals surface area contributed by atoms with E-state index in [1.807, 2.05) is 6.92 Å². The quantitative estimate of drug-likeness (QED) is 0.566. The lowest BCUT2D eigenvalue weighted by Gasteiger charge is -2.41. The molecule has 0 fully saturated rings. The van der Waals surface area contributed by atoms with Crippen LogP contribution in [0.5, 0.6) is 0 Å². The summed E-state index contributed by atoms with van der Waals surface area (Å²) in [6.45, 7) is 2.41. The highest BCUT2D eigenvalue weighted by Crippen LogP contribution is 2.23. The van der Waals surface area contributed by atoms with Crippen LogP contribution in [0.25, 0.3) is 0 Å². The van der Waals surface area contributed by atoms with Gasteiger partial charge in [0, 0.05) is 49.2 Å². The molecule has 21 heavy (non-hydrogen) atoms. The molecule has 0 aromatic carbocycles. The number of urea groups is 1. The van der Waals surface area contributed by atoms with Gasteiger partial charge >= 0.3 is 24.0 Å². The van der Waals surface area contributed by atoms with Gasteiger partial charge in [0.05, 0.1) is 0 Å². The van der Waals surface area contributed by atoms with Crippen LogP contribution in [0.4, 0.5) is 4.79 Å². The smallest absolute Gasteiger partial charge is 0.360 e. The van der Waals surface area contributed by atoms with Gasteiger partial charge in [0.15, 0.2) is 0 Å². The third-order valence-corrected chi connectivity index (χ3v) is 9.07. The van der Waals surface area contributed by atoms with Crippen molar-refractivity contribution in [3.8, 4) is 0 Å². The molecule has 0 saturated carbocycles. The number of hydrogen-bond donors (Lipinski definition) is 1. The zero-order valence-electron chi connectivity index (χ0n) is 13.7. The van der Waals surface area contributed by atoms with Crippen molar-refractivity contribution in [2.75, 3.05) is 49.2 Å². The molecular weight excluding hydrogens is 316 g/mol. The number of nitrogens with zero attached hydrogens (tertiary/aromatic N) is 1. The Morgan fingerprint density at radius 1 is 0.857 bits per heavy atom. The van der Waals surface area contributed by atoms with E-state index in [4.69, 9.17) is 26.6 Å². The molecule has 11 heteroatoms. The molecule has 1 N–H and O–H groups in total. The van der Waals surface area contributed by atoms with E-state index in [-0.39, 0.29) is 0 Å². The third kappa shape index (κ3) is 4.23. The predicted octanol–water partition coefficient (Wildman–Crippen LogP) is 0.158. The molecule has 0 aliphatic rings. The number of carbonyl (C=O) groups is 1. The number of amides is 2. The summed E-state index contributed by atoms with van der Waals surface area (Å²) in [5.74, 6) is 0. The lowest BCUT2D eigenvalue weighted by atomic mass is 10.5. The molecular formula is C10H26N2O7Si2. The Labute approximate surface area is 128 Å². The zero-order chi connectivity index (χ0) is 16.5. The van der Waals surface area contributed by atoms with Crippen LogP contribution in [0, 0.1) is 0 Å². The summed E-state index contributed by atoms with van der Waals surface area (Å²) in [7, 11) is 1.23. The largest absolute Gasteiger partial charge is 0.633 e. The van der Waals surface area contributed by atoms with E-state index >= 15 is 0 Å². The standard InChI is InChI=1S/C10H26N2O7Si2/c1-8-9-11-10(13)12(20(14-2,15-3)16-4)21(17-5,18-6)19-7/h8-9H2,1-7H3,(H,11,13). The van der Waals surface area contributed by atoms with Gasteiger partial charge in [-0.3, -0.25) is 4.79 Å². The molecule has 9 nitrogen and oxygen atoms in total. The summed E-state index contributed by atoms with van der Waals surface area (Å²) in [5, 5.41) is 2.73. The topological polar surface area (TPSA) is 87.7 Å². The van der Waals surface area contributed by atoms with E-state index in [9.17, 15) is 4.79 Å². The minimum absolute atomic E-state index is 0.471. The first-order valence-electron chi connectivity index (χ1n) is 6.36. The van der Waals surface area contributed by atoms with Crippen LogP contribution < -0.4 is 5.32 Å². The van der Waals surface area contributed by atoms with Gasteiger partial charge in [0.25, 0.3) is 0 Å². The Morgan fingerprint density at radius 3 is 1.43 bits per heavy atom. The fraction of sp³-hybridized carbons (Fsp3) is 0.900. The van der Waals surface area contributed by atoms with Crippen molar-refractivity contribution in [1.29, 1.82) is 0 Å². The fourth-order valence-corrected chi connectivity index (χ4v) is 7.51. The van der Waals surface area contributed by atoms with Crippen LogP contribution in [-0.4, -0.2) is 77.4 Å². The van der Waals surface area contributed by atoms with Gasteiger partial charge in [-0.1, -0.05) is 6.92 Å². The first-order chi connectivity index (χ1) is 9.97. The second-order valence-electron chi connectivity index (χ2n) is 3.84. The summed E-state index contributed by atoms with van der Waals surface area (Å²) >= 11 is 0. The molecule has 0 rings (SSSR count). The molecule has 0 unspecified atom stereocenters. The normalized spacial score (nSPS) is 12.3. The number of hydrogen-bond acceptors (Lipinski definition) is 7. The van der Waals surface area contributed by atoms with E-state index in [1.54, 1.807) is 0 Å². The highest BCUT2D eigenvalue weighted by atomic mass is 28.5. The van der Waals surface area contributed by atoms with Gasteiger partial charge in [0.1, 0.15) is 0 Å². The van der Waals surface area contributed by atoms with Gasteiger partial charge in [-0.2, -0.15) is 0 Å². The number of rotatable bonds is 10. The van der Waals surface area contributed by atoms with Gasteiger partial charge in [-0.15, -0.1) is 0 Å². The lowest BCUT2D eigenvalue weighted by Crippen LogP contribution is -2.76. The summed E-state index contributed by atoms with van der Waals surface area (Å²) in [5.41, 5.74) is 0. The maximum absolute atomic E-state index is 12.6. The van der Waals surface area contributed by atoms with Crippen LogP contribution in [0.3, 0.4) is 0 Å². The monoisotopic (exact) mass is 342 g/mol. The van der Waals surface area contributed by atoms with Crippen LogP contribution in [0.1, 0.15) is 13.3 Å². The average molecular weight is 342 g/mol. The molecule has 0 aromatic rings. The lowest BCUT2D eigenvalue weighted by molar-refractivity contribution is 0.0330. The molecule has 0 aliphatic carbocycles. The second kappa shape index (κ2) is 9.47. The van der Waals surface area contributed by atoms with Crippen LogP contribution in [0.2, 0.25) is 0 Å². The highest BCUT2D eigenvalue weighted by Gasteiger charge is 2.65. The van der Waals surface area contributed by atoms with Gasteiger partial charge in [-0.25, -0.2) is 4.23 Å². The molecule has 0 spiro atoms. The Bertz CT molecular complexity index is 277. The van der Waals surface area contributed by atoms with Crippen LogP contribution in [-0.2, 0) is 26.6 Å². The maximum Gasteiger partial charge on any atom is 0.633 e. The molecule has 0 aliphatic heterocycles. The van der Waals surface area contributed by atoms with Crippen molar-refractivity contribution in [1.82, 2.24) is 9.55 Å². The SMILES string of the molecule is CCCNC(=O)N([Si](OC)(OC)OC)[Si](OC)(OC)OC. The van der Waals surface area contributed by atoms with Gasteiger partial charge < -0.3 is 31.9 Å². The summed E-state index contributed by atoms with van der Waals surface area (Å²) in [4.78, 5) is 12.6. The number of nitrogens with one attached hydrogen (secondary N) is 1. The van der Waals surface area contributed by atoms with Crippen molar-refractivity contribution in [2.45, 2.75) is 13.3 Å². The first-order valence-corrected chi connectivity index (χ1v) is 9.70. The third-order valence-electron chi connectivity index (χ3n) is 2.82. The van der Waals surface area contributed by atoms with Crippen molar-refractivity contribution < 1.29 is 31.4 Å². The molecule has 2 amide bonds. The molecule has 0 saturated heterocycles. The van der Waals surface area contributed by atoms with Crippen LogP contribution in [0.15, 0.2) is 0 Å². The molecule has 0 aromatic heterocycles. The van der Waals surface area contributed by atoms with Gasteiger partial charge in [0.2, 0.25) is 0 Å². The Hall–Kier alpha value is -0.536. The Morgan fingerprint density at radius 2 is 1.19 bits per heavy atom. The van der Waals surface area contributed by atoms with Gasteiger partial charge in [-0.05, 0) is 6.42 Å². The summed E-state index contributed by atoms with van der Waals surface area (Å²) in [6, 6.07) is -0.494. The molecule has 126 valence electrons. The second-order valence-corrected chi connectivity index (χ2v) is 9.73. The van der Waals surface area contributed by atoms with E-state index in [0.717, 1.165) is 6.42 Å². The summed E-state index contributed by atoms with van der Waals surface area (Å²) in [6.07, 6.45) is 0.766. The molecule has 0 bridgehead atoms. The van der Waals surface area contributed by atoms with E-state index in [2.05, 4.69) is 5.32 Å². The van der Waals surface area contributed by atoms with Crippen molar-refractivity contribution in [2.24, 2.45) is 0 Å².